The maximum Gasteiger partial charge on any atom is 0.258 e. The Kier molecular flexibility index (Phi) is 3.33. The minimum Gasteiger partial charge on any atom is -0.276 e. The molecule has 1 fully saturated rings. The topological polar surface area (TPSA) is 71.8 Å². The van der Waals surface area contributed by atoms with Crippen LogP contribution < -0.4 is 5.56 Å². The number of hydrogen-bond acceptors (Lipinski definition) is 4. The van der Waals surface area contributed by atoms with Gasteiger partial charge in [-0.15, -0.1) is 0 Å². The highest BCUT2D eigenvalue weighted by Crippen LogP contribution is 2.35. The van der Waals surface area contributed by atoms with Gasteiger partial charge in [-0.3, -0.25) is 23.7 Å². The quantitative estimate of drug-likeness (QED) is 0.619. The van der Waals surface area contributed by atoms with Crippen LogP contribution in [0.3, 0.4) is 0 Å². The van der Waals surface area contributed by atoms with Crippen molar-refractivity contribution in [3.63, 3.8) is 0 Å². The molecule has 1 aliphatic heterocycles. The normalized spacial score (nSPS) is 23.1. The fraction of sp³-hybridized carbons (Fsp3) is 0.333. The molecule has 0 radical (unpaired) electrons. The summed E-state index contributed by atoms with van der Waals surface area (Å²) < 4.78 is 1.45. The van der Waals surface area contributed by atoms with E-state index in [1.165, 1.54) is 15.4 Å². The smallest absolute Gasteiger partial charge is 0.258 e. The van der Waals surface area contributed by atoms with Crippen molar-refractivity contribution in [2.75, 3.05) is 0 Å². The molecule has 3 heterocycles. The first-order valence-corrected chi connectivity index (χ1v) is 8.04. The lowest BCUT2D eigenvalue weighted by molar-refractivity contribution is -0.140. The average Bonchev–Trinajstić information content (AvgIpc) is 2.80. The number of amides is 2. The summed E-state index contributed by atoms with van der Waals surface area (Å²) in [7, 11) is 0. The lowest BCUT2D eigenvalue weighted by Crippen LogP contribution is -2.31. The first-order valence-electron chi connectivity index (χ1n) is 8.04. The highest BCUT2D eigenvalue weighted by atomic mass is 16.2. The van der Waals surface area contributed by atoms with Gasteiger partial charge >= 0.3 is 0 Å². The van der Waals surface area contributed by atoms with Crippen molar-refractivity contribution < 1.29 is 9.59 Å². The Labute approximate surface area is 138 Å². The number of carbonyl (C=O) groups excluding carboxylic acids is 2. The molecule has 2 atom stereocenters. The first-order chi connectivity index (χ1) is 11.5. The largest absolute Gasteiger partial charge is 0.276 e. The summed E-state index contributed by atoms with van der Waals surface area (Å²) in [6, 6.07) is 5.03. The van der Waals surface area contributed by atoms with Crippen molar-refractivity contribution in [3.8, 4) is 0 Å². The van der Waals surface area contributed by atoms with Gasteiger partial charge in [0, 0.05) is 12.3 Å². The van der Waals surface area contributed by atoms with Crippen molar-refractivity contribution in [2.45, 2.75) is 26.3 Å². The van der Waals surface area contributed by atoms with E-state index in [2.05, 4.69) is 4.98 Å². The van der Waals surface area contributed by atoms with Crippen LogP contribution in [0.1, 0.15) is 24.1 Å². The number of likely N-dealkylation sites (tertiary alicyclic amines) is 1. The van der Waals surface area contributed by atoms with E-state index in [0.717, 1.165) is 5.56 Å². The molecule has 1 aliphatic carbocycles. The standard InChI is InChI=1S/C18H17N3O3/c1-11-6-7-20-15(8-11)19-12(9-16(20)22)10-21-17(23)13-4-2-3-5-14(13)18(21)24/h2-3,6-9,13-14H,4-5,10H2,1H3/t13-,14-/m1/s1. The molecular weight excluding hydrogens is 306 g/mol. The van der Waals surface area contributed by atoms with Gasteiger partial charge in [0.1, 0.15) is 5.65 Å². The van der Waals surface area contributed by atoms with Gasteiger partial charge in [-0.2, -0.15) is 0 Å². The van der Waals surface area contributed by atoms with Gasteiger partial charge < -0.3 is 0 Å². The third-order valence-electron chi connectivity index (χ3n) is 4.79. The van der Waals surface area contributed by atoms with E-state index < -0.39 is 0 Å². The molecule has 6 heteroatoms. The number of aromatic nitrogens is 2. The van der Waals surface area contributed by atoms with E-state index in [1.54, 1.807) is 6.20 Å². The molecule has 122 valence electrons. The molecule has 1 saturated heterocycles. The Morgan fingerprint density at radius 1 is 1.08 bits per heavy atom. The zero-order chi connectivity index (χ0) is 16.8. The second-order valence-electron chi connectivity index (χ2n) is 6.44. The lowest BCUT2D eigenvalue weighted by Gasteiger charge is -2.14. The summed E-state index contributed by atoms with van der Waals surface area (Å²) in [5.41, 5.74) is 1.74. The second kappa shape index (κ2) is 5.40. The summed E-state index contributed by atoms with van der Waals surface area (Å²) >= 11 is 0. The van der Waals surface area contributed by atoms with Gasteiger partial charge in [0.2, 0.25) is 11.8 Å². The number of allylic oxidation sites excluding steroid dienone is 2. The van der Waals surface area contributed by atoms with Crippen LogP contribution in [0.4, 0.5) is 0 Å². The third kappa shape index (κ3) is 2.26. The third-order valence-corrected chi connectivity index (χ3v) is 4.79. The van der Waals surface area contributed by atoms with E-state index in [4.69, 9.17) is 0 Å². The van der Waals surface area contributed by atoms with Gasteiger partial charge in [0.15, 0.2) is 0 Å². The Morgan fingerprint density at radius 2 is 1.75 bits per heavy atom. The molecule has 24 heavy (non-hydrogen) atoms. The zero-order valence-corrected chi connectivity index (χ0v) is 13.3. The summed E-state index contributed by atoms with van der Waals surface area (Å²) in [6.07, 6.45) is 6.81. The molecule has 2 aromatic rings. The first kappa shape index (κ1) is 14.8. The maximum atomic E-state index is 12.5. The van der Waals surface area contributed by atoms with Gasteiger partial charge in [0.25, 0.3) is 5.56 Å². The van der Waals surface area contributed by atoms with Gasteiger partial charge in [0.05, 0.1) is 24.1 Å². The van der Waals surface area contributed by atoms with Crippen LogP contribution >= 0.6 is 0 Å². The van der Waals surface area contributed by atoms with E-state index in [-0.39, 0.29) is 35.8 Å². The zero-order valence-electron chi connectivity index (χ0n) is 13.3. The van der Waals surface area contributed by atoms with Crippen molar-refractivity contribution in [1.29, 1.82) is 0 Å². The van der Waals surface area contributed by atoms with Crippen LogP contribution in [-0.4, -0.2) is 26.1 Å². The molecule has 2 amide bonds. The summed E-state index contributed by atoms with van der Waals surface area (Å²) in [5, 5.41) is 0. The van der Waals surface area contributed by atoms with Gasteiger partial charge in [-0.1, -0.05) is 12.2 Å². The molecule has 0 N–H and O–H groups in total. The van der Waals surface area contributed by atoms with Gasteiger partial charge in [-0.05, 0) is 37.5 Å². The molecule has 2 aromatic heterocycles. The van der Waals surface area contributed by atoms with Crippen LogP contribution in [0.5, 0.6) is 0 Å². The number of nitrogens with zero attached hydrogens (tertiary/aromatic N) is 3. The van der Waals surface area contributed by atoms with Crippen molar-refractivity contribution >= 4 is 17.5 Å². The SMILES string of the molecule is Cc1ccn2c(=O)cc(CN3C(=O)[C@@H]4CC=CC[C@H]4C3=O)nc2c1. The van der Waals surface area contributed by atoms with Crippen LogP contribution in [0.25, 0.3) is 5.65 Å². The van der Waals surface area contributed by atoms with E-state index >= 15 is 0 Å². The predicted octanol–water partition coefficient (Wildman–Crippen LogP) is 1.45. The minimum absolute atomic E-state index is 0.0599. The highest BCUT2D eigenvalue weighted by molar-refractivity contribution is 6.05. The molecule has 0 aromatic carbocycles. The monoisotopic (exact) mass is 323 g/mol. The van der Waals surface area contributed by atoms with Crippen LogP contribution in [0, 0.1) is 18.8 Å². The number of hydrogen-bond donors (Lipinski definition) is 0. The predicted molar refractivity (Wildman–Crippen MR) is 87.1 cm³/mol. The number of fused-ring (bicyclic) bond motifs is 2. The second-order valence-corrected chi connectivity index (χ2v) is 6.44. The Hall–Kier alpha value is -2.76. The molecule has 0 saturated carbocycles. The van der Waals surface area contributed by atoms with Crippen molar-refractivity contribution in [2.24, 2.45) is 11.8 Å². The van der Waals surface area contributed by atoms with Crippen molar-refractivity contribution in [1.82, 2.24) is 14.3 Å². The lowest BCUT2D eigenvalue weighted by atomic mass is 9.85. The summed E-state index contributed by atoms with van der Waals surface area (Å²) in [4.78, 5) is 43.0. The van der Waals surface area contributed by atoms with E-state index in [9.17, 15) is 14.4 Å². The van der Waals surface area contributed by atoms with Crippen LogP contribution in [0.15, 0.2) is 41.3 Å². The van der Waals surface area contributed by atoms with Gasteiger partial charge in [-0.25, -0.2) is 4.98 Å². The minimum atomic E-state index is -0.258. The molecule has 0 bridgehead atoms. The highest BCUT2D eigenvalue weighted by Gasteiger charge is 2.47. The van der Waals surface area contributed by atoms with E-state index in [1.807, 2.05) is 31.2 Å². The Balaban J connectivity index is 1.68. The van der Waals surface area contributed by atoms with E-state index in [0.29, 0.717) is 24.2 Å². The average molecular weight is 323 g/mol. The molecule has 6 nitrogen and oxygen atoms in total. The number of pyridine rings is 1. The molecular formula is C18H17N3O3. The Morgan fingerprint density at radius 3 is 2.42 bits per heavy atom. The van der Waals surface area contributed by atoms with Crippen molar-refractivity contribution in [3.05, 3.63) is 58.2 Å². The molecule has 2 aliphatic rings. The molecule has 4 rings (SSSR count). The number of imide groups is 1. The summed E-state index contributed by atoms with van der Waals surface area (Å²) in [6.45, 7) is 1.98. The molecule has 0 unspecified atom stereocenters. The van der Waals surface area contributed by atoms with Crippen LogP contribution in [-0.2, 0) is 16.1 Å². The fourth-order valence-electron chi connectivity index (χ4n) is 3.52. The Bertz CT molecular complexity index is 918. The number of aryl methyl sites for hydroxylation is 1. The summed E-state index contributed by atoms with van der Waals surface area (Å²) in [5.74, 6) is -0.821. The molecule has 0 spiro atoms. The number of carbonyl (C=O) groups is 2. The maximum absolute atomic E-state index is 12.5. The fourth-order valence-corrected chi connectivity index (χ4v) is 3.52. The number of rotatable bonds is 2. The van der Waals surface area contributed by atoms with Crippen LogP contribution in [0.2, 0.25) is 0 Å².